The fraction of sp³-hybridized carbons (Fsp3) is 0.565. The number of nitrogens with one attached hydrogen (secondary N) is 2. The van der Waals surface area contributed by atoms with Gasteiger partial charge in [-0.1, -0.05) is 6.07 Å². The van der Waals surface area contributed by atoms with Crippen LogP contribution in [0, 0.1) is 0 Å². The quantitative estimate of drug-likeness (QED) is 0.302. The maximum atomic E-state index is 5.65. The molecule has 9 heteroatoms. The second kappa shape index (κ2) is 12.7. The summed E-state index contributed by atoms with van der Waals surface area (Å²) in [5.41, 5.74) is 1.20. The minimum absolute atomic E-state index is 0. The Hall–Kier alpha value is -1.43. The Balaban J connectivity index is 0.00000289. The number of aliphatic imine (C=N–C) groups is 1. The number of ether oxygens (including phenoxy) is 1. The second-order valence-corrected chi connectivity index (χ2v) is 9.21. The van der Waals surface area contributed by atoms with Crippen LogP contribution in [0.15, 0.2) is 40.8 Å². The second-order valence-electron chi connectivity index (χ2n) is 8.23. The summed E-state index contributed by atoms with van der Waals surface area (Å²) < 4.78 is 5.65. The number of halogens is 1. The van der Waals surface area contributed by atoms with E-state index >= 15 is 0 Å². The molecule has 0 aliphatic carbocycles. The number of hydrogen-bond donors (Lipinski definition) is 2. The van der Waals surface area contributed by atoms with Gasteiger partial charge in [0.25, 0.3) is 0 Å². The first kappa shape index (κ1) is 25.2. The number of hydrogen-bond acceptors (Lipinski definition) is 6. The van der Waals surface area contributed by atoms with Crippen LogP contribution in [0.4, 0.5) is 5.82 Å². The Labute approximate surface area is 212 Å². The van der Waals surface area contributed by atoms with Gasteiger partial charge in [0, 0.05) is 44.3 Å². The molecule has 0 radical (unpaired) electrons. The third kappa shape index (κ3) is 6.79. The van der Waals surface area contributed by atoms with Crippen molar-refractivity contribution < 1.29 is 4.74 Å². The highest BCUT2D eigenvalue weighted by Crippen LogP contribution is 2.27. The summed E-state index contributed by atoms with van der Waals surface area (Å²) in [7, 11) is 1.83. The predicted octanol–water partition coefficient (Wildman–Crippen LogP) is 3.49. The first-order valence-electron chi connectivity index (χ1n) is 11.3. The number of anilines is 1. The average Bonchev–Trinajstić information content (AvgIpc) is 3.51. The number of guanidine groups is 1. The molecule has 0 bridgehead atoms. The van der Waals surface area contributed by atoms with Gasteiger partial charge in [0.15, 0.2) is 5.96 Å². The van der Waals surface area contributed by atoms with E-state index in [2.05, 4.69) is 67.0 Å². The van der Waals surface area contributed by atoms with Gasteiger partial charge in [-0.3, -0.25) is 9.89 Å². The van der Waals surface area contributed by atoms with Gasteiger partial charge in [0.2, 0.25) is 0 Å². The Morgan fingerprint density at radius 2 is 2.12 bits per heavy atom. The SMILES string of the molecule is CN=C(NCc1ccnc(N2CCOC(C)C2)c1)NCC(c1cccs1)N1CCCC1.I. The van der Waals surface area contributed by atoms with Crippen LogP contribution in [-0.2, 0) is 11.3 Å². The molecule has 2 fully saturated rings. The van der Waals surface area contributed by atoms with Crippen molar-refractivity contribution in [3.8, 4) is 0 Å². The zero-order chi connectivity index (χ0) is 21.5. The summed E-state index contributed by atoms with van der Waals surface area (Å²) in [5, 5.41) is 9.19. The highest BCUT2D eigenvalue weighted by molar-refractivity contribution is 14.0. The molecule has 2 aromatic heterocycles. The number of pyridine rings is 1. The number of thiophene rings is 1. The lowest BCUT2D eigenvalue weighted by Gasteiger charge is -2.32. The summed E-state index contributed by atoms with van der Waals surface area (Å²) in [6.45, 7) is 8.55. The van der Waals surface area contributed by atoms with E-state index in [4.69, 9.17) is 4.74 Å². The van der Waals surface area contributed by atoms with Crippen LogP contribution in [0.3, 0.4) is 0 Å². The Bertz CT molecular complexity index is 843. The van der Waals surface area contributed by atoms with Crippen LogP contribution in [0.2, 0.25) is 0 Å². The molecular formula is C23H35IN6OS. The zero-order valence-corrected chi connectivity index (χ0v) is 22.1. The van der Waals surface area contributed by atoms with Crippen molar-refractivity contribution in [3.63, 3.8) is 0 Å². The lowest BCUT2D eigenvalue weighted by molar-refractivity contribution is 0.0529. The van der Waals surface area contributed by atoms with Gasteiger partial charge in [-0.05, 0) is 62.0 Å². The highest BCUT2D eigenvalue weighted by atomic mass is 127. The maximum Gasteiger partial charge on any atom is 0.191 e. The molecule has 2 unspecified atom stereocenters. The van der Waals surface area contributed by atoms with Gasteiger partial charge in [-0.25, -0.2) is 4.98 Å². The van der Waals surface area contributed by atoms with Crippen molar-refractivity contribution in [2.45, 2.75) is 38.5 Å². The van der Waals surface area contributed by atoms with Crippen LogP contribution >= 0.6 is 35.3 Å². The Morgan fingerprint density at radius 3 is 2.84 bits per heavy atom. The zero-order valence-electron chi connectivity index (χ0n) is 19.0. The summed E-state index contributed by atoms with van der Waals surface area (Å²) in [5.74, 6) is 1.85. The molecule has 7 nitrogen and oxygen atoms in total. The van der Waals surface area contributed by atoms with Gasteiger partial charge in [0.1, 0.15) is 5.82 Å². The molecule has 2 saturated heterocycles. The van der Waals surface area contributed by atoms with Gasteiger partial charge in [-0.15, -0.1) is 35.3 Å². The first-order chi connectivity index (χ1) is 15.2. The van der Waals surface area contributed by atoms with E-state index in [9.17, 15) is 0 Å². The van der Waals surface area contributed by atoms with Crippen LogP contribution in [-0.4, -0.2) is 68.3 Å². The number of morpholine rings is 1. The van der Waals surface area contributed by atoms with Gasteiger partial charge in [-0.2, -0.15) is 0 Å². The molecule has 4 heterocycles. The van der Waals surface area contributed by atoms with Crippen LogP contribution in [0.5, 0.6) is 0 Å². The number of nitrogens with zero attached hydrogens (tertiary/aromatic N) is 4. The first-order valence-corrected chi connectivity index (χ1v) is 12.1. The Kier molecular flexibility index (Phi) is 10.0. The van der Waals surface area contributed by atoms with Crippen molar-refractivity contribution in [3.05, 3.63) is 46.3 Å². The van der Waals surface area contributed by atoms with E-state index in [1.807, 2.05) is 24.6 Å². The summed E-state index contributed by atoms with van der Waals surface area (Å²) in [4.78, 5) is 15.3. The molecule has 2 N–H and O–H groups in total. The van der Waals surface area contributed by atoms with Gasteiger partial charge >= 0.3 is 0 Å². The molecule has 0 spiro atoms. The molecule has 0 amide bonds. The van der Waals surface area contributed by atoms with E-state index < -0.39 is 0 Å². The lowest BCUT2D eigenvalue weighted by Crippen LogP contribution is -2.42. The summed E-state index contributed by atoms with van der Waals surface area (Å²) >= 11 is 1.84. The van der Waals surface area contributed by atoms with E-state index in [0.29, 0.717) is 12.6 Å². The third-order valence-electron chi connectivity index (χ3n) is 5.97. The van der Waals surface area contributed by atoms with Crippen molar-refractivity contribution in [2.24, 2.45) is 4.99 Å². The van der Waals surface area contributed by atoms with Crippen molar-refractivity contribution >= 4 is 47.1 Å². The van der Waals surface area contributed by atoms with Crippen LogP contribution in [0.1, 0.15) is 36.2 Å². The summed E-state index contributed by atoms with van der Waals surface area (Å²) in [6.07, 6.45) is 4.72. The molecule has 4 rings (SSSR count). The number of aromatic nitrogens is 1. The molecule has 2 aromatic rings. The van der Waals surface area contributed by atoms with Crippen LogP contribution < -0.4 is 15.5 Å². The fourth-order valence-corrected chi connectivity index (χ4v) is 5.17. The van der Waals surface area contributed by atoms with Crippen molar-refractivity contribution in [1.82, 2.24) is 20.5 Å². The smallest absolute Gasteiger partial charge is 0.191 e. The van der Waals surface area contributed by atoms with Gasteiger partial charge < -0.3 is 20.3 Å². The molecule has 0 aromatic carbocycles. The molecule has 176 valence electrons. The standard InChI is InChI=1S/C23H34N6OS.HI/c1-18-17-29(11-12-30-18)22-14-19(7-8-25-22)15-26-23(24-2)27-16-20(21-6-5-13-31-21)28-9-3-4-10-28;/h5-8,13-14,18,20H,3-4,9-12,15-17H2,1-2H3,(H2,24,26,27);1H. The largest absolute Gasteiger partial charge is 0.375 e. The topological polar surface area (TPSA) is 65.0 Å². The van der Waals surface area contributed by atoms with E-state index in [1.165, 1.54) is 36.4 Å². The van der Waals surface area contributed by atoms with Gasteiger partial charge in [0.05, 0.1) is 18.8 Å². The van der Waals surface area contributed by atoms with Crippen molar-refractivity contribution in [1.29, 1.82) is 0 Å². The third-order valence-corrected chi connectivity index (χ3v) is 6.95. The minimum atomic E-state index is 0. The maximum absolute atomic E-state index is 5.65. The monoisotopic (exact) mass is 570 g/mol. The van der Waals surface area contributed by atoms with E-state index in [0.717, 1.165) is 38.0 Å². The minimum Gasteiger partial charge on any atom is -0.375 e. The van der Waals surface area contributed by atoms with Crippen molar-refractivity contribution in [2.75, 3.05) is 51.3 Å². The lowest BCUT2D eigenvalue weighted by atomic mass is 10.2. The van der Waals surface area contributed by atoms with E-state index in [-0.39, 0.29) is 30.1 Å². The molecule has 2 aliphatic heterocycles. The summed E-state index contributed by atoms with van der Waals surface area (Å²) in [6, 6.07) is 9.02. The molecule has 2 aliphatic rings. The Morgan fingerprint density at radius 1 is 1.28 bits per heavy atom. The van der Waals surface area contributed by atoms with E-state index in [1.54, 1.807) is 0 Å². The molecule has 2 atom stereocenters. The average molecular weight is 571 g/mol. The number of likely N-dealkylation sites (tertiary alicyclic amines) is 1. The predicted molar refractivity (Wildman–Crippen MR) is 143 cm³/mol. The molecular weight excluding hydrogens is 535 g/mol. The fourth-order valence-electron chi connectivity index (χ4n) is 4.31. The highest BCUT2D eigenvalue weighted by Gasteiger charge is 2.24. The molecule has 0 saturated carbocycles. The normalized spacial score (nSPS) is 20.6. The van der Waals surface area contributed by atoms with Crippen LogP contribution in [0.25, 0.3) is 0 Å². The molecule has 32 heavy (non-hydrogen) atoms. The number of rotatable bonds is 7.